The first-order chi connectivity index (χ1) is 14.6. The fraction of sp³-hybridized carbons (Fsp3) is 0.435. The first kappa shape index (κ1) is 21.0. The monoisotopic (exact) mass is 471 g/mol. The molecule has 2 aliphatic rings. The summed E-state index contributed by atoms with van der Waals surface area (Å²) in [6.07, 6.45) is 4.36. The molecule has 158 valence electrons. The van der Waals surface area contributed by atoms with E-state index in [0.717, 1.165) is 10.0 Å². The molecule has 2 saturated heterocycles. The van der Waals surface area contributed by atoms with Crippen molar-refractivity contribution in [2.75, 3.05) is 31.6 Å². The number of hydrogen-bond donors (Lipinski definition) is 1. The minimum atomic E-state index is -0.540. The Morgan fingerprint density at radius 3 is 2.40 bits per heavy atom. The van der Waals surface area contributed by atoms with Crippen molar-refractivity contribution in [2.45, 2.75) is 31.1 Å². The third-order valence-corrected chi connectivity index (χ3v) is 6.75. The molecule has 4 rings (SSSR count). The van der Waals surface area contributed by atoms with Crippen molar-refractivity contribution in [3.63, 3.8) is 0 Å². The van der Waals surface area contributed by atoms with E-state index in [2.05, 4.69) is 26.2 Å². The van der Waals surface area contributed by atoms with Crippen LogP contribution < -0.4 is 5.32 Å². The molecule has 3 heterocycles. The first-order valence-corrected chi connectivity index (χ1v) is 11.2. The van der Waals surface area contributed by atoms with Crippen LogP contribution in [0.2, 0.25) is 0 Å². The Morgan fingerprint density at radius 2 is 1.77 bits per heavy atom. The van der Waals surface area contributed by atoms with E-state index < -0.39 is 5.41 Å². The quantitative estimate of drug-likeness (QED) is 0.736. The maximum atomic E-state index is 13.7. The fourth-order valence-electron chi connectivity index (χ4n) is 4.43. The number of likely N-dealkylation sites (tertiary alicyclic amines) is 1. The second kappa shape index (κ2) is 9.27. The van der Waals surface area contributed by atoms with Crippen LogP contribution in [0, 0.1) is 5.92 Å². The van der Waals surface area contributed by atoms with Gasteiger partial charge in [-0.25, -0.2) is 4.98 Å². The Bertz CT molecular complexity index is 874. The number of carbonyl (C=O) groups is 2. The Labute approximate surface area is 185 Å². The molecule has 0 atom stereocenters. The molecule has 0 saturated carbocycles. The van der Waals surface area contributed by atoms with Gasteiger partial charge < -0.3 is 15.0 Å². The van der Waals surface area contributed by atoms with E-state index in [0.29, 0.717) is 57.8 Å². The number of nitrogens with one attached hydrogen (secondary N) is 1. The fourth-order valence-corrected chi connectivity index (χ4v) is 4.69. The van der Waals surface area contributed by atoms with Gasteiger partial charge in [0.2, 0.25) is 11.8 Å². The molecule has 0 bridgehead atoms. The minimum Gasteiger partial charge on any atom is -0.381 e. The van der Waals surface area contributed by atoms with Crippen molar-refractivity contribution in [1.29, 1.82) is 0 Å². The van der Waals surface area contributed by atoms with E-state index in [1.807, 2.05) is 41.3 Å². The molecular formula is C23H26BrN3O3. The van der Waals surface area contributed by atoms with E-state index in [9.17, 15) is 9.59 Å². The largest absolute Gasteiger partial charge is 0.381 e. The van der Waals surface area contributed by atoms with Crippen LogP contribution in [-0.2, 0) is 19.7 Å². The number of hydrogen-bond acceptors (Lipinski definition) is 4. The molecule has 7 heteroatoms. The molecule has 1 aromatic carbocycles. The van der Waals surface area contributed by atoms with Crippen LogP contribution >= 0.6 is 15.9 Å². The molecular weight excluding hydrogens is 446 g/mol. The Morgan fingerprint density at radius 1 is 1.07 bits per heavy atom. The SMILES string of the molecule is O=C(Nc1ccccn1)C1CCN(C(=O)C2(c3ccc(Br)cc3)CCOCC2)CC1. The maximum Gasteiger partial charge on any atom is 0.233 e. The van der Waals surface area contributed by atoms with E-state index in [1.165, 1.54) is 0 Å². The van der Waals surface area contributed by atoms with Gasteiger partial charge in [0.25, 0.3) is 0 Å². The summed E-state index contributed by atoms with van der Waals surface area (Å²) in [6.45, 7) is 2.37. The van der Waals surface area contributed by atoms with E-state index in [-0.39, 0.29) is 17.7 Å². The number of nitrogens with zero attached hydrogens (tertiary/aromatic N) is 2. The third kappa shape index (κ3) is 4.42. The van der Waals surface area contributed by atoms with Crippen LogP contribution in [0.5, 0.6) is 0 Å². The molecule has 1 N–H and O–H groups in total. The van der Waals surface area contributed by atoms with Gasteiger partial charge in [0, 0.05) is 42.9 Å². The molecule has 2 aliphatic heterocycles. The molecule has 6 nitrogen and oxygen atoms in total. The van der Waals surface area contributed by atoms with Gasteiger partial charge in [-0.2, -0.15) is 0 Å². The summed E-state index contributed by atoms with van der Waals surface area (Å²) in [5.41, 5.74) is 0.510. The highest BCUT2D eigenvalue weighted by molar-refractivity contribution is 9.10. The van der Waals surface area contributed by atoms with Crippen LogP contribution in [0.25, 0.3) is 0 Å². The molecule has 2 aromatic rings. The number of piperidine rings is 1. The number of anilines is 1. The summed E-state index contributed by atoms with van der Waals surface area (Å²) in [4.78, 5) is 32.4. The van der Waals surface area contributed by atoms with E-state index >= 15 is 0 Å². The van der Waals surface area contributed by atoms with Gasteiger partial charge in [0.05, 0.1) is 5.41 Å². The van der Waals surface area contributed by atoms with E-state index in [1.54, 1.807) is 12.3 Å². The van der Waals surface area contributed by atoms with Crippen molar-refractivity contribution >= 4 is 33.6 Å². The van der Waals surface area contributed by atoms with Crippen LogP contribution in [0.15, 0.2) is 53.1 Å². The lowest BCUT2D eigenvalue weighted by Gasteiger charge is -2.42. The zero-order valence-corrected chi connectivity index (χ0v) is 18.4. The van der Waals surface area contributed by atoms with Crippen LogP contribution in [-0.4, -0.2) is 48.0 Å². The van der Waals surface area contributed by atoms with Gasteiger partial charge in [0.1, 0.15) is 5.82 Å². The number of amides is 2. The van der Waals surface area contributed by atoms with Crippen molar-refractivity contribution in [3.05, 3.63) is 58.7 Å². The van der Waals surface area contributed by atoms with Gasteiger partial charge >= 0.3 is 0 Å². The Kier molecular flexibility index (Phi) is 6.49. The van der Waals surface area contributed by atoms with Crippen LogP contribution in [0.4, 0.5) is 5.82 Å². The number of carbonyl (C=O) groups excluding carboxylic acids is 2. The maximum absolute atomic E-state index is 13.7. The molecule has 2 amide bonds. The summed E-state index contributed by atoms with van der Waals surface area (Å²) in [7, 11) is 0. The topological polar surface area (TPSA) is 71.5 Å². The number of benzene rings is 1. The normalized spacial score (nSPS) is 19.3. The summed E-state index contributed by atoms with van der Waals surface area (Å²) >= 11 is 3.48. The number of rotatable bonds is 4. The average Bonchev–Trinajstić information content (AvgIpc) is 2.80. The molecule has 0 radical (unpaired) electrons. The first-order valence-electron chi connectivity index (χ1n) is 10.4. The van der Waals surface area contributed by atoms with Gasteiger partial charge in [-0.15, -0.1) is 0 Å². The Balaban J connectivity index is 1.43. The standard InChI is InChI=1S/C23H26BrN3O3/c24-19-6-4-18(5-7-19)23(10-15-30-16-11-23)22(29)27-13-8-17(9-14-27)21(28)26-20-3-1-2-12-25-20/h1-7,12,17H,8-11,13-16H2,(H,25,26,28). The molecule has 0 unspecified atom stereocenters. The van der Waals surface area contributed by atoms with Crippen LogP contribution in [0.1, 0.15) is 31.2 Å². The van der Waals surface area contributed by atoms with Crippen molar-refractivity contribution in [1.82, 2.24) is 9.88 Å². The van der Waals surface area contributed by atoms with Gasteiger partial charge in [-0.3, -0.25) is 9.59 Å². The van der Waals surface area contributed by atoms with Crippen molar-refractivity contribution in [2.24, 2.45) is 5.92 Å². The summed E-state index contributed by atoms with van der Waals surface area (Å²) in [5.74, 6) is 0.609. The lowest BCUT2D eigenvalue weighted by Crippen LogP contribution is -2.52. The summed E-state index contributed by atoms with van der Waals surface area (Å²) in [6, 6.07) is 13.5. The van der Waals surface area contributed by atoms with Crippen molar-refractivity contribution < 1.29 is 14.3 Å². The molecule has 2 fully saturated rings. The lowest BCUT2D eigenvalue weighted by atomic mass is 9.72. The number of aromatic nitrogens is 1. The molecule has 0 spiro atoms. The predicted molar refractivity (Wildman–Crippen MR) is 118 cm³/mol. The van der Waals surface area contributed by atoms with Crippen molar-refractivity contribution in [3.8, 4) is 0 Å². The molecule has 1 aromatic heterocycles. The average molecular weight is 472 g/mol. The molecule has 0 aliphatic carbocycles. The lowest BCUT2D eigenvalue weighted by molar-refractivity contribution is -0.143. The predicted octanol–water partition coefficient (Wildman–Crippen LogP) is 3.77. The van der Waals surface area contributed by atoms with Crippen LogP contribution in [0.3, 0.4) is 0 Å². The zero-order chi connectivity index (χ0) is 21.0. The smallest absolute Gasteiger partial charge is 0.233 e. The number of ether oxygens (including phenoxy) is 1. The highest BCUT2D eigenvalue weighted by atomic mass is 79.9. The second-order valence-electron chi connectivity index (χ2n) is 7.97. The van der Waals surface area contributed by atoms with E-state index in [4.69, 9.17) is 4.74 Å². The summed E-state index contributed by atoms with van der Waals surface area (Å²) in [5, 5.41) is 2.88. The van der Waals surface area contributed by atoms with Gasteiger partial charge in [-0.1, -0.05) is 34.1 Å². The third-order valence-electron chi connectivity index (χ3n) is 6.22. The number of pyridine rings is 1. The number of halogens is 1. The minimum absolute atomic E-state index is 0.0190. The summed E-state index contributed by atoms with van der Waals surface area (Å²) < 4.78 is 6.57. The molecule has 30 heavy (non-hydrogen) atoms. The Hall–Kier alpha value is -2.25. The highest BCUT2D eigenvalue weighted by Gasteiger charge is 2.45. The zero-order valence-electron chi connectivity index (χ0n) is 16.9. The van der Waals surface area contributed by atoms with Gasteiger partial charge in [-0.05, 0) is 55.5 Å². The second-order valence-corrected chi connectivity index (χ2v) is 8.89. The van der Waals surface area contributed by atoms with Gasteiger partial charge in [0.15, 0.2) is 0 Å². The highest BCUT2D eigenvalue weighted by Crippen LogP contribution is 2.38.